The lowest BCUT2D eigenvalue weighted by molar-refractivity contribution is -0.147. The van der Waals surface area contributed by atoms with Gasteiger partial charge in [0.15, 0.2) is 5.78 Å². The Morgan fingerprint density at radius 3 is 2.23 bits per heavy atom. The summed E-state index contributed by atoms with van der Waals surface area (Å²) in [6, 6.07) is 2.52. The van der Waals surface area contributed by atoms with E-state index in [0.29, 0.717) is 18.8 Å². The van der Waals surface area contributed by atoms with Gasteiger partial charge in [-0.15, -0.1) is 0 Å². The molecule has 9 nitrogen and oxygen atoms in total. The number of primary amides is 1. The van der Waals surface area contributed by atoms with E-state index in [2.05, 4.69) is 5.32 Å². The highest BCUT2D eigenvalue weighted by atomic mass is 35.5. The average Bonchev–Trinajstić information content (AvgIpc) is 2.73. The smallest absolute Gasteiger partial charge is 0.305 e. The summed E-state index contributed by atoms with van der Waals surface area (Å²) in [6.45, 7) is -1.40. The van der Waals surface area contributed by atoms with Crippen LogP contribution in [0.25, 0.3) is 0 Å². The van der Waals surface area contributed by atoms with E-state index in [9.17, 15) is 22.8 Å². The van der Waals surface area contributed by atoms with Crippen LogP contribution in [0.3, 0.4) is 0 Å². The van der Waals surface area contributed by atoms with Crippen LogP contribution in [-0.4, -0.2) is 56.0 Å². The van der Waals surface area contributed by atoms with Crippen molar-refractivity contribution in [2.75, 3.05) is 23.9 Å². The maximum Gasteiger partial charge on any atom is 0.305 e. The van der Waals surface area contributed by atoms with Gasteiger partial charge in [0, 0.05) is 16.5 Å². The Morgan fingerprint density at radius 1 is 1.06 bits per heavy atom. The summed E-state index contributed by atoms with van der Waals surface area (Å²) in [5, 5.41) is 3.17. The molecule has 5 fully saturated rings. The monoisotopic (exact) mass is 562 g/mol. The summed E-state index contributed by atoms with van der Waals surface area (Å²) in [7, 11) is -4.27. The van der Waals surface area contributed by atoms with Gasteiger partial charge in [-0.3, -0.25) is 14.4 Å². The Morgan fingerprint density at radius 2 is 1.66 bits per heavy atom. The van der Waals surface area contributed by atoms with Crippen LogP contribution in [0.1, 0.15) is 32.1 Å². The number of carbonyl (C=O) groups excluding carboxylic acids is 3. The molecular formula is C22H25Cl3N4O5S. The van der Waals surface area contributed by atoms with Crippen LogP contribution in [0.5, 0.6) is 0 Å². The number of nitrogens with one attached hydrogen (secondary N) is 1. The van der Waals surface area contributed by atoms with Gasteiger partial charge >= 0.3 is 10.2 Å². The second-order valence-electron chi connectivity index (χ2n) is 10.2. The van der Waals surface area contributed by atoms with Gasteiger partial charge in [-0.25, -0.2) is 4.31 Å². The molecule has 5 aliphatic rings. The van der Waals surface area contributed by atoms with Crippen LogP contribution in [0.2, 0.25) is 15.1 Å². The van der Waals surface area contributed by atoms with Crippen LogP contribution < -0.4 is 15.4 Å². The number of nitrogens with two attached hydrogens (primary N) is 1. The molecule has 0 radical (unpaired) electrons. The summed E-state index contributed by atoms with van der Waals surface area (Å²) in [5.74, 6) is -0.495. The quantitative estimate of drug-likeness (QED) is 0.568. The van der Waals surface area contributed by atoms with Crippen molar-refractivity contribution in [1.82, 2.24) is 9.62 Å². The molecule has 4 aliphatic carbocycles. The minimum absolute atomic E-state index is 0.0258. The van der Waals surface area contributed by atoms with E-state index < -0.39 is 46.9 Å². The Hall–Kier alpha value is -1.59. The lowest BCUT2D eigenvalue weighted by atomic mass is 9.47. The highest BCUT2D eigenvalue weighted by Crippen LogP contribution is 2.59. The minimum Gasteiger partial charge on any atom is -0.369 e. The van der Waals surface area contributed by atoms with Gasteiger partial charge in [0.05, 0.1) is 35.4 Å². The van der Waals surface area contributed by atoms with Gasteiger partial charge in [-0.1, -0.05) is 34.8 Å². The summed E-state index contributed by atoms with van der Waals surface area (Å²) < 4.78 is 28.4. The van der Waals surface area contributed by atoms with Crippen molar-refractivity contribution in [2.24, 2.45) is 28.9 Å². The number of anilines is 1. The fraction of sp³-hybridized carbons (Fsp3) is 0.591. The molecular weight excluding hydrogens is 539 g/mol. The molecule has 0 spiro atoms. The number of rotatable bonds is 5. The Balaban J connectivity index is 1.33. The molecule has 190 valence electrons. The van der Waals surface area contributed by atoms with E-state index in [1.165, 1.54) is 12.1 Å². The highest BCUT2D eigenvalue weighted by Gasteiger charge is 2.58. The van der Waals surface area contributed by atoms with Crippen molar-refractivity contribution in [3.8, 4) is 0 Å². The first-order valence-electron chi connectivity index (χ1n) is 11.4. The topological polar surface area (TPSA) is 130 Å². The zero-order chi connectivity index (χ0) is 25.3. The van der Waals surface area contributed by atoms with E-state index in [1.807, 2.05) is 0 Å². The first-order valence-corrected chi connectivity index (χ1v) is 14.0. The second-order valence-corrected chi connectivity index (χ2v) is 13.4. The minimum atomic E-state index is -4.27. The van der Waals surface area contributed by atoms with Crippen LogP contribution in [0.4, 0.5) is 5.69 Å². The van der Waals surface area contributed by atoms with E-state index in [0.717, 1.165) is 27.9 Å². The third-order valence-corrected chi connectivity index (χ3v) is 10.5. The van der Waals surface area contributed by atoms with Crippen molar-refractivity contribution >= 4 is 68.3 Å². The molecule has 13 heteroatoms. The number of halogens is 3. The number of ketones is 1. The SMILES string of the molecule is NC(=O)C12CC3CC(C1)C(NC(=O)CN1CC(=O)CN(c4c(Cl)cc(Cl)cc4Cl)S1(=O)=O)C(C3)C2. The van der Waals surface area contributed by atoms with Gasteiger partial charge in [0.1, 0.15) is 0 Å². The average molecular weight is 564 g/mol. The van der Waals surface area contributed by atoms with Crippen molar-refractivity contribution in [3.05, 3.63) is 27.2 Å². The van der Waals surface area contributed by atoms with Gasteiger partial charge in [0.2, 0.25) is 11.8 Å². The fourth-order valence-corrected chi connectivity index (χ4v) is 9.49. The zero-order valence-corrected chi connectivity index (χ0v) is 21.8. The molecule has 3 N–H and O–H groups in total. The van der Waals surface area contributed by atoms with Crippen LogP contribution in [-0.2, 0) is 24.6 Å². The molecule has 4 bridgehead atoms. The zero-order valence-electron chi connectivity index (χ0n) is 18.7. The van der Waals surface area contributed by atoms with Crippen LogP contribution >= 0.6 is 34.8 Å². The molecule has 1 heterocycles. The highest BCUT2D eigenvalue weighted by molar-refractivity contribution is 7.90. The lowest BCUT2D eigenvalue weighted by Crippen LogP contribution is -2.63. The molecule has 1 aromatic rings. The first kappa shape index (κ1) is 25.1. The molecule has 0 aromatic heterocycles. The second kappa shape index (κ2) is 8.76. The lowest BCUT2D eigenvalue weighted by Gasteiger charge is -2.58. The predicted octanol–water partition coefficient (Wildman–Crippen LogP) is 2.38. The van der Waals surface area contributed by atoms with Gasteiger partial charge < -0.3 is 11.1 Å². The fourth-order valence-electron chi connectivity index (χ4n) is 6.77. The molecule has 2 atom stereocenters. The van der Waals surface area contributed by atoms with E-state index in [1.54, 1.807) is 0 Å². The van der Waals surface area contributed by atoms with E-state index >= 15 is 0 Å². The number of carbonyl (C=O) groups is 3. The molecule has 2 unspecified atom stereocenters. The van der Waals surface area contributed by atoms with E-state index in [-0.39, 0.29) is 44.5 Å². The van der Waals surface area contributed by atoms with Gasteiger partial charge in [0.25, 0.3) is 0 Å². The number of nitrogens with zero attached hydrogens (tertiary/aromatic N) is 2. The first-order chi connectivity index (χ1) is 16.4. The number of amides is 2. The molecule has 4 saturated carbocycles. The summed E-state index contributed by atoms with van der Waals surface area (Å²) in [4.78, 5) is 37.7. The third kappa shape index (κ3) is 4.31. The van der Waals surface area contributed by atoms with E-state index in [4.69, 9.17) is 40.5 Å². The molecule has 2 amide bonds. The summed E-state index contributed by atoms with van der Waals surface area (Å²) >= 11 is 18.4. The van der Waals surface area contributed by atoms with Gasteiger partial charge in [-0.2, -0.15) is 12.7 Å². The number of Topliss-reactive ketones (excluding diaryl/α,β-unsaturated/α-hetero) is 1. The maximum absolute atomic E-state index is 13.4. The third-order valence-electron chi connectivity index (χ3n) is 7.95. The maximum atomic E-state index is 13.4. The largest absolute Gasteiger partial charge is 0.369 e. The summed E-state index contributed by atoms with van der Waals surface area (Å²) in [6.07, 6.45) is 3.93. The number of hydrogen-bond donors (Lipinski definition) is 2. The molecule has 1 aromatic carbocycles. The van der Waals surface area contributed by atoms with Crippen molar-refractivity contribution in [1.29, 1.82) is 0 Å². The van der Waals surface area contributed by atoms with Crippen molar-refractivity contribution < 1.29 is 22.8 Å². The van der Waals surface area contributed by atoms with Crippen LogP contribution in [0, 0.1) is 23.2 Å². The molecule has 1 saturated heterocycles. The Bertz CT molecular complexity index is 1190. The molecule has 35 heavy (non-hydrogen) atoms. The normalized spacial score (nSPS) is 33.7. The van der Waals surface area contributed by atoms with Crippen molar-refractivity contribution in [2.45, 2.75) is 38.1 Å². The van der Waals surface area contributed by atoms with Crippen LogP contribution in [0.15, 0.2) is 12.1 Å². The molecule has 6 rings (SSSR count). The predicted molar refractivity (Wildman–Crippen MR) is 131 cm³/mol. The Kier molecular flexibility index (Phi) is 6.28. The number of hydrogen-bond acceptors (Lipinski definition) is 5. The Labute approximate surface area is 218 Å². The summed E-state index contributed by atoms with van der Waals surface area (Å²) in [5.41, 5.74) is 5.18. The van der Waals surface area contributed by atoms with Gasteiger partial charge in [-0.05, 0) is 62.0 Å². The standard InChI is InChI=1S/C22H25Cl3N4O5S/c23-14-3-16(24)20(17(25)4-14)29-9-15(30)8-28(35(29,33)34)10-18(31)27-19-12-1-11-2-13(19)7-22(5-11,6-12)21(26)32/h3-4,11-13,19H,1-2,5-10H2,(H2,26,32)(H,27,31). The molecule has 1 aliphatic heterocycles. The van der Waals surface area contributed by atoms with Crippen molar-refractivity contribution in [3.63, 3.8) is 0 Å². The number of benzene rings is 1.